The van der Waals surface area contributed by atoms with Gasteiger partial charge in [-0.3, -0.25) is 5.84 Å². The third-order valence-electron chi connectivity index (χ3n) is 4.16. The van der Waals surface area contributed by atoms with Crippen LogP contribution in [0.1, 0.15) is 36.9 Å². The second kappa shape index (κ2) is 7.22. The summed E-state index contributed by atoms with van der Waals surface area (Å²) in [5.41, 5.74) is 4.81. The van der Waals surface area contributed by atoms with Gasteiger partial charge in [0.15, 0.2) is 0 Å². The Morgan fingerprint density at radius 3 is 2.67 bits per heavy atom. The van der Waals surface area contributed by atoms with Gasteiger partial charge < -0.3 is 14.2 Å². The standard InChI is InChI=1S/C16H26N2O3/c1-4-21-16(7-9-20-10-8-16)15(18-17)13-11-12(2)5-6-14(13)19-3/h5-6,11,15,18H,4,7-10,17H2,1-3H3. The van der Waals surface area contributed by atoms with Gasteiger partial charge in [-0.1, -0.05) is 17.7 Å². The van der Waals surface area contributed by atoms with Gasteiger partial charge >= 0.3 is 0 Å². The maximum absolute atomic E-state index is 6.14. The maximum atomic E-state index is 6.14. The lowest BCUT2D eigenvalue weighted by atomic mass is 9.81. The molecule has 1 saturated heterocycles. The lowest BCUT2D eigenvalue weighted by molar-refractivity contribution is -0.128. The maximum Gasteiger partial charge on any atom is 0.123 e. The Labute approximate surface area is 126 Å². The number of hydrogen-bond donors (Lipinski definition) is 2. The summed E-state index contributed by atoms with van der Waals surface area (Å²) < 4.78 is 17.2. The summed E-state index contributed by atoms with van der Waals surface area (Å²) in [5.74, 6) is 6.73. The van der Waals surface area contributed by atoms with Crippen LogP contribution in [0, 0.1) is 6.92 Å². The largest absolute Gasteiger partial charge is 0.496 e. The van der Waals surface area contributed by atoms with Crippen LogP contribution in [0.5, 0.6) is 5.75 Å². The Balaban J connectivity index is 2.42. The van der Waals surface area contributed by atoms with Gasteiger partial charge in [-0.25, -0.2) is 5.43 Å². The first kappa shape index (κ1) is 16.2. The zero-order valence-corrected chi connectivity index (χ0v) is 13.1. The molecule has 2 rings (SSSR count). The first-order valence-electron chi connectivity index (χ1n) is 7.49. The van der Waals surface area contributed by atoms with Crippen LogP contribution in [0.25, 0.3) is 0 Å². The number of nitrogens with two attached hydrogens (primary N) is 1. The minimum Gasteiger partial charge on any atom is -0.496 e. The fourth-order valence-corrected chi connectivity index (χ4v) is 3.13. The molecule has 0 radical (unpaired) electrons. The van der Waals surface area contributed by atoms with Crippen molar-refractivity contribution in [3.8, 4) is 5.75 Å². The molecule has 1 fully saturated rings. The van der Waals surface area contributed by atoms with E-state index in [2.05, 4.69) is 18.4 Å². The van der Waals surface area contributed by atoms with Crippen LogP contribution in [0.4, 0.5) is 0 Å². The van der Waals surface area contributed by atoms with Crippen molar-refractivity contribution in [2.75, 3.05) is 26.9 Å². The van der Waals surface area contributed by atoms with Crippen LogP contribution in [-0.4, -0.2) is 32.5 Å². The number of aryl methyl sites for hydroxylation is 1. The van der Waals surface area contributed by atoms with Crippen molar-refractivity contribution < 1.29 is 14.2 Å². The molecule has 1 aliphatic rings. The number of benzene rings is 1. The van der Waals surface area contributed by atoms with Crippen LogP contribution < -0.4 is 16.0 Å². The third kappa shape index (κ3) is 3.37. The van der Waals surface area contributed by atoms with Crippen molar-refractivity contribution in [2.24, 2.45) is 5.84 Å². The van der Waals surface area contributed by atoms with Crippen LogP contribution in [-0.2, 0) is 9.47 Å². The van der Waals surface area contributed by atoms with E-state index >= 15 is 0 Å². The topological polar surface area (TPSA) is 65.7 Å². The summed E-state index contributed by atoms with van der Waals surface area (Å²) in [6.45, 7) is 6.09. The monoisotopic (exact) mass is 294 g/mol. The Bertz CT molecular complexity index is 453. The Morgan fingerprint density at radius 1 is 1.38 bits per heavy atom. The molecule has 0 amide bonds. The van der Waals surface area contributed by atoms with Gasteiger partial charge in [0.05, 0.1) is 18.8 Å². The van der Waals surface area contributed by atoms with Gasteiger partial charge in [0.2, 0.25) is 0 Å². The van der Waals surface area contributed by atoms with Crippen molar-refractivity contribution in [3.05, 3.63) is 29.3 Å². The molecule has 0 aromatic heterocycles. The normalized spacial score (nSPS) is 19.2. The summed E-state index contributed by atoms with van der Waals surface area (Å²) in [7, 11) is 1.68. The summed E-state index contributed by atoms with van der Waals surface area (Å²) in [4.78, 5) is 0. The minimum absolute atomic E-state index is 0.129. The van der Waals surface area contributed by atoms with E-state index < -0.39 is 0 Å². The van der Waals surface area contributed by atoms with E-state index in [-0.39, 0.29) is 11.6 Å². The van der Waals surface area contributed by atoms with Gasteiger partial charge in [-0.2, -0.15) is 0 Å². The number of rotatable bonds is 6. The minimum atomic E-state index is -0.358. The molecule has 5 nitrogen and oxygen atoms in total. The molecule has 1 aliphatic heterocycles. The van der Waals surface area contributed by atoms with Crippen LogP contribution in [0.3, 0.4) is 0 Å². The molecule has 0 aliphatic carbocycles. The van der Waals surface area contributed by atoms with Gasteiger partial charge in [-0.05, 0) is 19.9 Å². The van der Waals surface area contributed by atoms with E-state index in [1.165, 1.54) is 5.56 Å². The molecule has 1 aromatic rings. The number of hydrogen-bond acceptors (Lipinski definition) is 5. The first-order valence-corrected chi connectivity index (χ1v) is 7.49. The summed E-state index contributed by atoms with van der Waals surface area (Å²) >= 11 is 0. The molecule has 0 saturated carbocycles. The Hall–Kier alpha value is -1.14. The molecule has 1 heterocycles. The molecule has 1 unspecified atom stereocenters. The second-order valence-corrected chi connectivity index (χ2v) is 5.46. The fourth-order valence-electron chi connectivity index (χ4n) is 3.13. The number of hydrazine groups is 1. The molecule has 0 bridgehead atoms. The van der Waals surface area contributed by atoms with Gasteiger partial charge in [0.1, 0.15) is 5.75 Å². The average molecular weight is 294 g/mol. The van der Waals surface area contributed by atoms with Crippen LogP contribution in [0.15, 0.2) is 18.2 Å². The SMILES string of the molecule is CCOC1(C(NN)c2cc(C)ccc2OC)CCOCC1. The lowest BCUT2D eigenvalue weighted by Gasteiger charge is -2.43. The molecule has 5 heteroatoms. The Morgan fingerprint density at radius 2 is 2.10 bits per heavy atom. The van der Waals surface area contributed by atoms with Crippen molar-refractivity contribution in [3.63, 3.8) is 0 Å². The average Bonchev–Trinajstić information content (AvgIpc) is 2.49. The molecular formula is C16H26N2O3. The molecule has 1 atom stereocenters. The van der Waals surface area contributed by atoms with E-state index in [9.17, 15) is 0 Å². The molecule has 21 heavy (non-hydrogen) atoms. The van der Waals surface area contributed by atoms with Crippen LogP contribution >= 0.6 is 0 Å². The van der Waals surface area contributed by atoms with Crippen molar-refractivity contribution in [1.29, 1.82) is 0 Å². The van der Waals surface area contributed by atoms with Crippen molar-refractivity contribution in [2.45, 2.75) is 38.3 Å². The van der Waals surface area contributed by atoms with Gasteiger partial charge in [-0.15, -0.1) is 0 Å². The third-order valence-corrected chi connectivity index (χ3v) is 4.16. The highest BCUT2D eigenvalue weighted by Gasteiger charge is 2.42. The van der Waals surface area contributed by atoms with E-state index in [0.29, 0.717) is 19.8 Å². The quantitative estimate of drug-likeness (QED) is 0.621. The van der Waals surface area contributed by atoms with Crippen molar-refractivity contribution >= 4 is 0 Å². The predicted octanol–water partition coefficient (Wildman–Crippen LogP) is 2.09. The highest BCUT2D eigenvalue weighted by Crippen LogP contribution is 2.40. The molecular weight excluding hydrogens is 268 g/mol. The first-order chi connectivity index (χ1) is 10.2. The van der Waals surface area contributed by atoms with Gasteiger partial charge in [0.25, 0.3) is 0 Å². The zero-order valence-electron chi connectivity index (χ0n) is 13.1. The highest BCUT2D eigenvalue weighted by molar-refractivity contribution is 5.40. The Kier molecular flexibility index (Phi) is 5.58. The molecule has 3 N–H and O–H groups in total. The fraction of sp³-hybridized carbons (Fsp3) is 0.625. The summed E-state index contributed by atoms with van der Waals surface area (Å²) in [6, 6.07) is 6.00. The number of methoxy groups -OCH3 is 1. The lowest BCUT2D eigenvalue weighted by Crippen LogP contribution is -2.51. The van der Waals surface area contributed by atoms with Gasteiger partial charge in [0, 0.05) is 38.2 Å². The van der Waals surface area contributed by atoms with E-state index in [4.69, 9.17) is 20.1 Å². The van der Waals surface area contributed by atoms with E-state index in [1.54, 1.807) is 7.11 Å². The number of ether oxygens (including phenoxy) is 3. The highest BCUT2D eigenvalue weighted by atomic mass is 16.5. The van der Waals surface area contributed by atoms with Crippen molar-refractivity contribution in [1.82, 2.24) is 5.43 Å². The van der Waals surface area contributed by atoms with Crippen LogP contribution in [0.2, 0.25) is 0 Å². The van der Waals surface area contributed by atoms with E-state index in [1.807, 2.05) is 19.1 Å². The predicted molar refractivity (Wildman–Crippen MR) is 82.2 cm³/mol. The summed E-state index contributed by atoms with van der Waals surface area (Å²) in [6.07, 6.45) is 1.62. The molecule has 118 valence electrons. The zero-order chi connectivity index (χ0) is 15.3. The second-order valence-electron chi connectivity index (χ2n) is 5.46. The molecule has 0 spiro atoms. The number of nitrogens with one attached hydrogen (secondary N) is 1. The summed E-state index contributed by atoms with van der Waals surface area (Å²) in [5, 5.41) is 0. The molecule has 1 aromatic carbocycles. The van der Waals surface area contributed by atoms with E-state index in [0.717, 1.165) is 24.2 Å². The smallest absolute Gasteiger partial charge is 0.123 e.